The Balaban J connectivity index is 2.90. The van der Waals surface area contributed by atoms with Crippen LogP contribution in [-0.4, -0.2) is 36.9 Å². The molecule has 7 heteroatoms. The average Bonchev–Trinajstić information content (AvgIpc) is 2.27. The van der Waals surface area contributed by atoms with Gasteiger partial charge in [-0.1, -0.05) is 0 Å². The number of alkyl halides is 2. The lowest BCUT2D eigenvalue weighted by Gasteiger charge is -2.18. The van der Waals surface area contributed by atoms with Gasteiger partial charge in [-0.3, -0.25) is 15.0 Å². The molecular weight excluding hydrogens is 244 g/mol. The van der Waals surface area contributed by atoms with E-state index in [0.29, 0.717) is 11.3 Å². The minimum absolute atomic E-state index is 0.0468. The molecule has 0 aliphatic rings. The molecule has 1 aromatic rings. The third-order valence-electron chi connectivity index (χ3n) is 2.46. The molecule has 0 saturated heterocycles. The SMILES string of the molecule is CNc1ccc([N+](=O)[O-])cc1CN(C)CC(F)F. The molecule has 0 spiro atoms. The zero-order valence-corrected chi connectivity index (χ0v) is 10.2. The summed E-state index contributed by atoms with van der Waals surface area (Å²) in [5, 5.41) is 13.6. The lowest BCUT2D eigenvalue weighted by atomic mass is 10.1. The van der Waals surface area contributed by atoms with Gasteiger partial charge < -0.3 is 5.32 Å². The van der Waals surface area contributed by atoms with Crippen molar-refractivity contribution in [3.8, 4) is 0 Å². The van der Waals surface area contributed by atoms with Gasteiger partial charge >= 0.3 is 0 Å². The third-order valence-corrected chi connectivity index (χ3v) is 2.46. The number of benzene rings is 1. The van der Waals surface area contributed by atoms with Gasteiger partial charge in [-0.05, 0) is 18.7 Å². The fourth-order valence-corrected chi connectivity index (χ4v) is 1.66. The predicted octanol–water partition coefficient (Wildman–Crippen LogP) is 2.33. The molecule has 100 valence electrons. The van der Waals surface area contributed by atoms with Crippen molar-refractivity contribution >= 4 is 11.4 Å². The molecule has 1 aromatic carbocycles. The number of hydrogen-bond donors (Lipinski definition) is 1. The Morgan fingerprint density at radius 2 is 2.17 bits per heavy atom. The molecule has 0 saturated carbocycles. The van der Waals surface area contributed by atoms with E-state index in [1.54, 1.807) is 20.2 Å². The van der Waals surface area contributed by atoms with Crippen molar-refractivity contribution < 1.29 is 13.7 Å². The van der Waals surface area contributed by atoms with Crippen LogP contribution in [0.5, 0.6) is 0 Å². The molecule has 1 rings (SSSR count). The summed E-state index contributed by atoms with van der Waals surface area (Å²) in [4.78, 5) is 11.6. The van der Waals surface area contributed by atoms with E-state index >= 15 is 0 Å². The highest BCUT2D eigenvalue weighted by Gasteiger charge is 2.13. The first-order chi connectivity index (χ1) is 8.43. The van der Waals surface area contributed by atoms with Gasteiger partial charge in [-0.15, -0.1) is 0 Å². The Labute approximate surface area is 104 Å². The van der Waals surface area contributed by atoms with Gasteiger partial charge in [0.15, 0.2) is 0 Å². The fourth-order valence-electron chi connectivity index (χ4n) is 1.66. The van der Waals surface area contributed by atoms with Crippen LogP contribution in [0.4, 0.5) is 20.2 Å². The molecule has 0 bridgehead atoms. The van der Waals surface area contributed by atoms with E-state index in [2.05, 4.69) is 5.32 Å². The van der Waals surface area contributed by atoms with Crippen molar-refractivity contribution in [3.05, 3.63) is 33.9 Å². The number of nitrogens with one attached hydrogen (secondary N) is 1. The highest BCUT2D eigenvalue weighted by molar-refractivity contribution is 5.55. The number of hydrogen-bond acceptors (Lipinski definition) is 4. The van der Waals surface area contributed by atoms with Crippen LogP contribution in [-0.2, 0) is 6.54 Å². The van der Waals surface area contributed by atoms with Gasteiger partial charge in [0, 0.05) is 31.4 Å². The van der Waals surface area contributed by atoms with Crippen LogP contribution in [0.1, 0.15) is 5.56 Å². The van der Waals surface area contributed by atoms with Crippen LogP contribution in [0, 0.1) is 10.1 Å². The second-order valence-corrected chi connectivity index (χ2v) is 3.94. The molecule has 0 unspecified atom stereocenters. The largest absolute Gasteiger partial charge is 0.388 e. The minimum Gasteiger partial charge on any atom is -0.388 e. The number of halogens is 2. The summed E-state index contributed by atoms with van der Waals surface area (Å²) in [5.74, 6) is 0. The van der Waals surface area contributed by atoms with Crippen LogP contribution in [0.3, 0.4) is 0 Å². The second-order valence-electron chi connectivity index (χ2n) is 3.94. The molecule has 18 heavy (non-hydrogen) atoms. The maximum atomic E-state index is 12.2. The smallest absolute Gasteiger partial charge is 0.269 e. The van der Waals surface area contributed by atoms with E-state index in [0.717, 1.165) is 0 Å². The van der Waals surface area contributed by atoms with E-state index in [1.165, 1.54) is 17.0 Å². The van der Waals surface area contributed by atoms with Crippen LogP contribution in [0.15, 0.2) is 18.2 Å². The number of nitrogens with zero attached hydrogens (tertiary/aromatic N) is 2. The van der Waals surface area contributed by atoms with Gasteiger partial charge in [0.1, 0.15) is 0 Å². The number of anilines is 1. The third kappa shape index (κ3) is 3.92. The monoisotopic (exact) mass is 259 g/mol. The first-order valence-electron chi connectivity index (χ1n) is 5.35. The Morgan fingerprint density at radius 1 is 1.50 bits per heavy atom. The van der Waals surface area contributed by atoms with Crippen LogP contribution in [0.25, 0.3) is 0 Å². The molecule has 0 aliphatic carbocycles. The lowest BCUT2D eigenvalue weighted by Crippen LogP contribution is -2.24. The molecule has 0 radical (unpaired) electrons. The highest BCUT2D eigenvalue weighted by Crippen LogP contribution is 2.23. The molecule has 0 amide bonds. The average molecular weight is 259 g/mol. The lowest BCUT2D eigenvalue weighted by molar-refractivity contribution is -0.384. The van der Waals surface area contributed by atoms with E-state index in [9.17, 15) is 18.9 Å². The normalized spacial score (nSPS) is 11.0. The first kappa shape index (κ1) is 14.3. The Morgan fingerprint density at radius 3 is 2.67 bits per heavy atom. The van der Waals surface area contributed by atoms with Crippen LogP contribution in [0.2, 0.25) is 0 Å². The van der Waals surface area contributed by atoms with Crippen molar-refractivity contribution in [1.29, 1.82) is 0 Å². The van der Waals surface area contributed by atoms with Crippen molar-refractivity contribution in [1.82, 2.24) is 4.90 Å². The number of rotatable bonds is 6. The molecular formula is C11H15F2N3O2. The van der Waals surface area contributed by atoms with E-state index < -0.39 is 11.3 Å². The minimum atomic E-state index is -2.42. The standard InChI is InChI=1S/C11H15F2N3O2/c1-14-10-4-3-9(16(17)18)5-8(10)6-15(2)7-11(12)13/h3-5,11,14H,6-7H2,1-2H3. The van der Waals surface area contributed by atoms with Crippen molar-refractivity contribution in [3.63, 3.8) is 0 Å². The van der Waals surface area contributed by atoms with E-state index in [1.807, 2.05) is 0 Å². The first-order valence-corrected chi connectivity index (χ1v) is 5.35. The summed E-state index contributed by atoms with van der Waals surface area (Å²) in [6.07, 6.45) is -2.42. The summed E-state index contributed by atoms with van der Waals surface area (Å²) >= 11 is 0. The topological polar surface area (TPSA) is 58.4 Å². The molecule has 1 N–H and O–H groups in total. The summed E-state index contributed by atoms with van der Waals surface area (Å²) in [6.45, 7) is -0.145. The van der Waals surface area contributed by atoms with Gasteiger partial charge in [-0.2, -0.15) is 0 Å². The fraction of sp³-hybridized carbons (Fsp3) is 0.455. The maximum Gasteiger partial charge on any atom is 0.269 e. The van der Waals surface area contributed by atoms with Gasteiger partial charge in [-0.25, -0.2) is 8.78 Å². The van der Waals surface area contributed by atoms with Crippen molar-refractivity contribution in [2.75, 3.05) is 26.0 Å². The number of nitro benzene ring substituents is 1. The Bertz CT molecular complexity index is 427. The number of non-ortho nitro benzene ring substituents is 1. The van der Waals surface area contributed by atoms with E-state index in [-0.39, 0.29) is 18.8 Å². The van der Waals surface area contributed by atoms with Crippen LogP contribution >= 0.6 is 0 Å². The van der Waals surface area contributed by atoms with Crippen molar-refractivity contribution in [2.45, 2.75) is 13.0 Å². The van der Waals surface area contributed by atoms with E-state index in [4.69, 9.17) is 0 Å². The Hall–Kier alpha value is -1.76. The predicted molar refractivity (Wildman–Crippen MR) is 65.0 cm³/mol. The summed E-state index contributed by atoms with van der Waals surface area (Å²) in [7, 11) is 3.22. The number of nitro groups is 1. The summed E-state index contributed by atoms with van der Waals surface area (Å²) in [6, 6.07) is 4.35. The second kappa shape index (κ2) is 6.25. The molecule has 0 heterocycles. The summed E-state index contributed by atoms with van der Waals surface area (Å²) in [5.41, 5.74) is 1.27. The maximum absolute atomic E-state index is 12.2. The quantitative estimate of drug-likeness (QED) is 0.629. The molecule has 5 nitrogen and oxygen atoms in total. The van der Waals surface area contributed by atoms with Gasteiger partial charge in [0.25, 0.3) is 12.1 Å². The molecule has 0 fully saturated rings. The van der Waals surface area contributed by atoms with Crippen molar-refractivity contribution in [2.24, 2.45) is 0 Å². The molecule has 0 atom stereocenters. The van der Waals surface area contributed by atoms with Crippen LogP contribution < -0.4 is 5.32 Å². The highest BCUT2D eigenvalue weighted by atomic mass is 19.3. The Kier molecular flexibility index (Phi) is 4.96. The molecule has 0 aromatic heterocycles. The van der Waals surface area contributed by atoms with Gasteiger partial charge in [0.05, 0.1) is 11.5 Å². The molecule has 0 aliphatic heterocycles. The zero-order chi connectivity index (χ0) is 13.7. The summed E-state index contributed by atoms with van der Waals surface area (Å²) < 4.78 is 24.4. The zero-order valence-electron chi connectivity index (χ0n) is 10.2. The van der Waals surface area contributed by atoms with Gasteiger partial charge in [0.2, 0.25) is 0 Å².